The van der Waals surface area contributed by atoms with E-state index in [0.717, 1.165) is 30.8 Å². The molecule has 0 unspecified atom stereocenters. The summed E-state index contributed by atoms with van der Waals surface area (Å²) >= 11 is 6.26. The first-order valence-corrected chi connectivity index (χ1v) is 7.47. The highest BCUT2D eigenvalue weighted by Gasteiger charge is 2.13. The van der Waals surface area contributed by atoms with Gasteiger partial charge in [-0.1, -0.05) is 23.7 Å². The van der Waals surface area contributed by atoms with Gasteiger partial charge in [0.1, 0.15) is 5.75 Å². The zero-order chi connectivity index (χ0) is 15.2. The van der Waals surface area contributed by atoms with Crippen LogP contribution in [0.25, 0.3) is 0 Å². The normalized spacial score (nSPS) is 11.9. The van der Waals surface area contributed by atoms with Crippen molar-refractivity contribution in [2.75, 3.05) is 27.2 Å². The van der Waals surface area contributed by atoms with Gasteiger partial charge in [-0.25, -0.2) is 0 Å². The number of nitrogens with zero attached hydrogens (tertiary/aromatic N) is 1. The first kappa shape index (κ1) is 17.3. The van der Waals surface area contributed by atoms with Gasteiger partial charge < -0.3 is 15.0 Å². The molecule has 1 aromatic carbocycles. The highest BCUT2D eigenvalue weighted by atomic mass is 35.5. The van der Waals surface area contributed by atoms with Crippen LogP contribution in [-0.4, -0.2) is 37.7 Å². The Morgan fingerprint density at radius 1 is 1.25 bits per heavy atom. The molecule has 0 fully saturated rings. The van der Waals surface area contributed by atoms with E-state index in [1.54, 1.807) is 0 Å². The molecule has 20 heavy (non-hydrogen) atoms. The molecule has 3 nitrogen and oxygen atoms in total. The van der Waals surface area contributed by atoms with Crippen molar-refractivity contribution >= 4 is 11.6 Å². The monoisotopic (exact) mass is 298 g/mol. The van der Waals surface area contributed by atoms with Gasteiger partial charge in [-0.15, -0.1) is 0 Å². The maximum absolute atomic E-state index is 6.26. The lowest BCUT2D eigenvalue weighted by atomic mass is 10.1. The Morgan fingerprint density at radius 2 is 1.95 bits per heavy atom. The van der Waals surface area contributed by atoms with Gasteiger partial charge in [-0.2, -0.15) is 0 Å². The maximum Gasteiger partial charge on any atom is 0.142 e. The second-order valence-corrected chi connectivity index (χ2v) is 6.74. The fourth-order valence-electron chi connectivity index (χ4n) is 1.77. The summed E-state index contributed by atoms with van der Waals surface area (Å²) in [6.07, 6.45) is 0.990. The van der Waals surface area contributed by atoms with Crippen LogP contribution in [0.3, 0.4) is 0 Å². The lowest BCUT2D eigenvalue weighted by Gasteiger charge is -2.22. The number of benzene rings is 1. The molecule has 0 atom stereocenters. The zero-order valence-electron chi connectivity index (χ0n) is 13.3. The lowest BCUT2D eigenvalue weighted by molar-refractivity contribution is 0.278. The first-order chi connectivity index (χ1) is 9.29. The molecule has 1 N–H and O–H groups in total. The molecule has 0 amide bonds. The van der Waals surface area contributed by atoms with Gasteiger partial charge in [-0.05, 0) is 47.4 Å². The molecule has 0 aliphatic carbocycles. The maximum atomic E-state index is 6.26. The summed E-state index contributed by atoms with van der Waals surface area (Å²) in [5, 5.41) is 4.15. The second-order valence-electron chi connectivity index (χ2n) is 6.34. The van der Waals surface area contributed by atoms with Crippen molar-refractivity contribution in [1.82, 2.24) is 10.2 Å². The SMILES string of the molecule is CN(C)CCCOc1c(Cl)cccc1CNC(C)(C)C. The van der Waals surface area contributed by atoms with E-state index in [9.17, 15) is 0 Å². The summed E-state index contributed by atoms with van der Waals surface area (Å²) in [4.78, 5) is 2.15. The van der Waals surface area contributed by atoms with Crippen molar-refractivity contribution in [2.24, 2.45) is 0 Å². The van der Waals surface area contributed by atoms with E-state index in [-0.39, 0.29) is 5.54 Å². The van der Waals surface area contributed by atoms with Crippen molar-refractivity contribution in [3.8, 4) is 5.75 Å². The van der Waals surface area contributed by atoms with Gasteiger partial charge in [0.25, 0.3) is 0 Å². The average molecular weight is 299 g/mol. The molecule has 0 saturated heterocycles. The van der Waals surface area contributed by atoms with E-state index < -0.39 is 0 Å². The third-order valence-electron chi connectivity index (χ3n) is 2.85. The summed E-state index contributed by atoms with van der Waals surface area (Å²) in [6, 6.07) is 5.91. The molecule has 4 heteroatoms. The lowest BCUT2D eigenvalue weighted by Crippen LogP contribution is -2.35. The smallest absolute Gasteiger partial charge is 0.142 e. The van der Waals surface area contributed by atoms with Crippen LogP contribution < -0.4 is 10.1 Å². The summed E-state index contributed by atoms with van der Waals surface area (Å²) in [6.45, 7) is 8.90. The first-order valence-electron chi connectivity index (χ1n) is 7.09. The fourth-order valence-corrected chi connectivity index (χ4v) is 2.02. The van der Waals surface area contributed by atoms with Gasteiger partial charge in [0, 0.05) is 24.2 Å². The van der Waals surface area contributed by atoms with Crippen LogP contribution in [0.4, 0.5) is 0 Å². The van der Waals surface area contributed by atoms with Crippen LogP contribution in [0.5, 0.6) is 5.75 Å². The van der Waals surface area contributed by atoms with Crippen molar-refractivity contribution < 1.29 is 4.74 Å². The van der Waals surface area contributed by atoms with E-state index in [2.05, 4.69) is 51.1 Å². The van der Waals surface area contributed by atoms with Gasteiger partial charge >= 0.3 is 0 Å². The number of halogens is 1. The topological polar surface area (TPSA) is 24.5 Å². The summed E-state index contributed by atoms with van der Waals surface area (Å²) in [7, 11) is 4.13. The van der Waals surface area contributed by atoms with Crippen LogP contribution in [0.15, 0.2) is 18.2 Å². The molecule has 0 spiro atoms. The van der Waals surface area contributed by atoms with Crippen molar-refractivity contribution in [3.05, 3.63) is 28.8 Å². The minimum atomic E-state index is 0.0739. The van der Waals surface area contributed by atoms with Gasteiger partial charge in [-0.3, -0.25) is 0 Å². The molecule has 0 bridgehead atoms. The molecule has 1 rings (SSSR count). The zero-order valence-corrected chi connectivity index (χ0v) is 14.0. The number of para-hydroxylation sites is 1. The third kappa shape index (κ3) is 6.60. The minimum Gasteiger partial charge on any atom is -0.492 e. The van der Waals surface area contributed by atoms with Gasteiger partial charge in [0.05, 0.1) is 11.6 Å². The van der Waals surface area contributed by atoms with E-state index in [1.807, 2.05) is 12.1 Å². The molecule has 1 aromatic rings. The van der Waals surface area contributed by atoms with Crippen LogP contribution in [0, 0.1) is 0 Å². The Balaban J connectivity index is 2.63. The van der Waals surface area contributed by atoms with E-state index in [0.29, 0.717) is 11.6 Å². The molecular weight excluding hydrogens is 272 g/mol. The molecule has 0 aliphatic heterocycles. The van der Waals surface area contributed by atoms with Crippen LogP contribution in [-0.2, 0) is 6.54 Å². The molecule has 0 saturated carbocycles. The summed E-state index contributed by atoms with van der Waals surface area (Å²) in [5.41, 5.74) is 1.18. The Labute approximate surface area is 128 Å². The van der Waals surface area contributed by atoms with Crippen LogP contribution in [0.2, 0.25) is 5.02 Å². The van der Waals surface area contributed by atoms with Crippen molar-refractivity contribution in [3.63, 3.8) is 0 Å². The summed E-state index contributed by atoms with van der Waals surface area (Å²) < 4.78 is 5.88. The molecule has 0 aliphatic rings. The Bertz CT molecular complexity index is 413. The largest absolute Gasteiger partial charge is 0.492 e. The third-order valence-corrected chi connectivity index (χ3v) is 3.15. The predicted molar refractivity (Wildman–Crippen MR) is 86.7 cm³/mol. The van der Waals surface area contributed by atoms with Crippen molar-refractivity contribution in [1.29, 1.82) is 0 Å². The molecule has 0 heterocycles. The fraction of sp³-hybridized carbons (Fsp3) is 0.625. The quantitative estimate of drug-likeness (QED) is 0.779. The highest BCUT2D eigenvalue weighted by molar-refractivity contribution is 6.32. The number of hydrogen-bond donors (Lipinski definition) is 1. The van der Waals surface area contributed by atoms with Crippen molar-refractivity contribution in [2.45, 2.75) is 39.3 Å². The Kier molecular flexibility index (Phi) is 6.80. The molecule has 0 aromatic heterocycles. The Hall–Kier alpha value is -0.770. The molecule has 114 valence electrons. The molecular formula is C16H27ClN2O. The standard InChI is InChI=1S/C16H27ClN2O/c1-16(2,3)18-12-13-8-6-9-14(17)15(13)20-11-7-10-19(4)5/h6,8-9,18H,7,10-12H2,1-5H3. The van der Waals surface area contributed by atoms with E-state index >= 15 is 0 Å². The predicted octanol–water partition coefficient (Wildman–Crippen LogP) is 3.56. The van der Waals surface area contributed by atoms with Gasteiger partial charge in [0.2, 0.25) is 0 Å². The number of rotatable bonds is 7. The number of nitrogens with one attached hydrogen (secondary N) is 1. The second kappa shape index (κ2) is 7.87. The van der Waals surface area contributed by atoms with E-state index in [4.69, 9.17) is 16.3 Å². The summed E-state index contributed by atoms with van der Waals surface area (Å²) in [5.74, 6) is 0.810. The van der Waals surface area contributed by atoms with E-state index in [1.165, 1.54) is 0 Å². The molecule has 0 radical (unpaired) electrons. The average Bonchev–Trinajstić information content (AvgIpc) is 2.32. The number of hydrogen-bond acceptors (Lipinski definition) is 3. The minimum absolute atomic E-state index is 0.0739. The van der Waals surface area contributed by atoms with Crippen LogP contribution >= 0.6 is 11.6 Å². The number of ether oxygens (including phenoxy) is 1. The van der Waals surface area contributed by atoms with Gasteiger partial charge in [0.15, 0.2) is 0 Å². The Morgan fingerprint density at radius 3 is 2.55 bits per heavy atom. The van der Waals surface area contributed by atoms with Crippen LogP contribution in [0.1, 0.15) is 32.8 Å². The highest BCUT2D eigenvalue weighted by Crippen LogP contribution is 2.29.